The molecule has 0 bridgehead atoms. The van der Waals surface area contributed by atoms with E-state index < -0.39 is 6.10 Å². The van der Waals surface area contributed by atoms with E-state index in [9.17, 15) is 5.11 Å². The van der Waals surface area contributed by atoms with Crippen molar-refractivity contribution < 1.29 is 24.1 Å². The molecule has 2 aliphatic heterocycles. The van der Waals surface area contributed by atoms with Gasteiger partial charge in [0, 0.05) is 31.0 Å². The van der Waals surface area contributed by atoms with Gasteiger partial charge in [0.25, 0.3) is 0 Å². The molecule has 271 valence electrons. The lowest BCUT2D eigenvalue weighted by Crippen LogP contribution is -2.59. The summed E-state index contributed by atoms with van der Waals surface area (Å²) in [4.78, 5) is 2.48. The van der Waals surface area contributed by atoms with Gasteiger partial charge in [0.15, 0.2) is 6.29 Å². The molecule has 7 aliphatic rings. The number of fused-ring (bicyclic) bond motifs is 4. The van der Waals surface area contributed by atoms with Crippen molar-refractivity contribution in [2.45, 2.75) is 138 Å². The van der Waals surface area contributed by atoms with Crippen LogP contribution >= 0.6 is 0 Å². The Labute approximate surface area is 297 Å². The first kappa shape index (κ1) is 34.9. The van der Waals surface area contributed by atoms with E-state index in [-0.39, 0.29) is 34.1 Å². The molecule has 1 aromatic rings. The van der Waals surface area contributed by atoms with Gasteiger partial charge < -0.3 is 24.1 Å². The molecule has 1 N–H and O–H groups in total. The fraction of sp³-hybridized carbons (Fsp3) is 0.791. The Balaban J connectivity index is 0.983. The van der Waals surface area contributed by atoms with Crippen LogP contribution in [0.4, 0.5) is 0 Å². The van der Waals surface area contributed by atoms with Crippen molar-refractivity contribution in [2.24, 2.45) is 50.7 Å². The molecule has 2 saturated heterocycles. The predicted octanol–water partition coefficient (Wildman–Crippen LogP) is 8.69. The fourth-order valence-electron chi connectivity index (χ4n) is 13.6. The van der Waals surface area contributed by atoms with Crippen LogP contribution in [0, 0.1) is 75.8 Å². The molecule has 2 heterocycles. The monoisotopic (exact) mass is 674 g/mol. The number of aliphatic hydroxyl groups excluding tert-OH is 1. The third-order valence-corrected chi connectivity index (χ3v) is 16.3. The molecule has 7 fully saturated rings. The molecule has 2 spiro atoms. The second kappa shape index (κ2) is 11.9. The number of benzene rings is 1. The highest BCUT2D eigenvalue weighted by atomic mass is 16.7. The molecule has 5 aliphatic carbocycles. The van der Waals surface area contributed by atoms with Gasteiger partial charge in [-0.2, -0.15) is 0 Å². The van der Waals surface area contributed by atoms with Gasteiger partial charge in [0.2, 0.25) is 0 Å². The van der Waals surface area contributed by atoms with E-state index in [2.05, 4.69) is 78.5 Å². The zero-order valence-corrected chi connectivity index (χ0v) is 32.0. The normalized spacial score (nSPS) is 45.8. The van der Waals surface area contributed by atoms with Gasteiger partial charge in [0.1, 0.15) is 18.0 Å². The van der Waals surface area contributed by atoms with Crippen molar-refractivity contribution in [2.75, 3.05) is 26.8 Å². The lowest BCUT2D eigenvalue weighted by atomic mass is 9.41. The topological polar surface area (TPSA) is 60.4 Å². The molecule has 5 saturated carbocycles. The third-order valence-electron chi connectivity index (χ3n) is 16.3. The first-order valence-electron chi connectivity index (χ1n) is 19.8. The molecule has 8 rings (SSSR count). The molecule has 6 nitrogen and oxygen atoms in total. The average Bonchev–Trinajstić information content (AvgIpc) is 3.70. The minimum Gasteiger partial charge on any atom is -0.497 e. The molecule has 11 atom stereocenters. The van der Waals surface area contributed by atoms with Crippen LogP contribution < -0.4 is 4.74 Å². The van der Waals surface area contributed by atoms with Crippen LogP contribution in [0.2, 0.25) is 0 Å². The first-order chi connectivity index (χ1) is 23.2. The van der Waals surface area contributed by atoms with Crippen molar-refractivity contribution in [1.82, 2.24) is 4.90 Å². The van der Waals surface area contributed by atoms with Gasteiger partial charge in [0.05, 0.1) is 25.9 Å². The minimum absolute atomic E-state index is 0.0446. The molecule has 3 radical (unpaired) electrons. The smallest absolute Gasteiger partial charge is 0.170 e. The van der Waals surface area contributed by atoms with E-state index in [1.807, 2.05) is 0 Å². The number of morpholine rings is 1. The quantitative estimate of drug-likeness (QED) is 0.312. The van der Waals surface area contributed by atoms with Crippen LogP contribution in [0.15, 0.2) is 18.2 Å². The maximum absolute atomic E-state index is 12.4. The Morgan fingerprint density at radius 1 is 1.08 bits per heavy atom. The summed E-state index contributed by atoms with van der Waals surface area (Å²) in [5.41, 5.74) is 3.01. The molecule has 1 aromatic carbocycles. The minimum atomic E-state index is -0.509. The highest BCUT2D eigenvalue weighted by Gasteiger charge is 2.85. The largest absolute Gasteiger partial charge is 0.497 e. The van der Waals surface area contributed by atoms with Gasteiger partial charge >= 0.3 is 0 Å². The summed E-state index contributed by atoms with van der Waals surface area (Å²) in [5, 5.41) is 12.4. The summed E-state index contributed by atoms with van der Waals surface area (Å²) < 4.78 is 25.7. The van der Waals surface area contributed by atoms with Crippen LogP contribution in [0.3, 0.4) is 0 Å². The van der Waals surface area contributed by atoms with E-state index in [0.29, 0.717) is 35.7 Å². The summed E-state index contributed by atoms with van der Waals surface area (Å²) in [5.74, 6) is 4.55. The SMILES string of the molecule is CC[C@@H](C)[C]1C[C@@H](C)[C@H]2[C](O1)[C@H](O)[C@@]1(C)[C]3CC[C@H]4C(C)(C)C(O[C@H]5CN(Cc6cc(C)cc(OC)c6)CCO5)CC[C@@]45C[C@@]35CC[C@]21C. The first-order valence-corrected chi connectivity index (χ1v) is 19.8. The number of hydrogen-bond acceptors (Lipinski definition) is 6. The lowest BCUT2D eigenvalue weighted by molar-refractivity contribution is -0.244. The number of aliphatic hydroxyl groups is 1. The van der Waals surface area contributed by atoms with Crippen LogP contribution in [0.1, 0.15) is 117 Å². The van der Waals surface area contributed by atoms with E-state index in [0.717, 1.165) is 57.2 Å². The second-order valence-corrected chi connectivity index (χ2v) is 18.8. The van der Waals surface area contributed by atoms with E-state index >= 15 is 0 Å². The van der Waals surface area contributed by atoms with Gasteiger partial charge in [-0.05, 0) is 127 Å². The number of aryl methyl sites for hydroxylation is 1. The summed E-state index contributed by atoms with van der Waals surface area (Å²) in [6.45, 7) is 22.4. The van der Waals surface area contributed by atoms with E-state index in [1.165, 1.54) is 49.3 Å². The van der Waals surface area contributed by atoms with Gasteiger partial charge in [-0.25, -0.2) is 0 Å². The highest BCUT2D eigenvalue weighted by Crippen LogP contribution is 2.90. The standard InChI is InChI=1S/C43H64NO5/c1-10-27(3)31-21-28(4)36-37(48-31)38(45)41(8)33-12-11-32-39(5,6)34(13-14-42(32)25-43(33,42)16-15-40(36,41)7)49-35-24-44(17-18-47-35)23-29-19-26(2)20-30(22-29)46-9/h19-20,22,27-28,32,34-36,38,45H,10-18,21,23-25H2,1-9H3/t27-,28-,32+,34?,35+,36+,38+,40-,41-,42-,43+/m1/s1. The van der Waals surface area contributed by atoms with Crippen molar-refractivity contribution in [3.05, 3.63) is 47.5 Å². The predicted molar refractivity (Wildman–Crippen MR) is 192 cm³/mol. The number of nitrogens with zero attached hydrogens (tertiary/aromatic N) is 1. The fourth-order valence-corrected chi connectivity index (χ4v) is 13.6. The average molecular weight is 675 g/mol. The summed E-state index contributed by atoms with van der Waals surface area (Å²) in [6.07, 6.45) is 12.3. The van der Waals surface area contributed by atoms with Gasteiger partial charge in [-0.1, -0.05) is 61.0 Å². The van der Waals surface area contributed by atoms with Gasteiger partial charge in [-0.15, -0.1) is 0 Å². The molecular weight excluding hydrogens is 610 g/mol. The van der Waals surface area contributed by atoms with E-state index in [1.54, 1.807) is 13.0 Å². The van der Waals surface area contributed by atoms with Crippen LogP contribution in [0.25, 0.3) is 0 Å². The van der Waals surface area contributed by atoms with Crippen molar-refractivity contribution in [3.8, 4) is 5.75 Å². The molecule has 0 amide bonds. The molecule has 49 heavy (non-hydrogen) atoms. The Bertz CT molecular complexity index is 1410. The van der Waals surface area contributed by atoms with Gasteiger partial charge in [-0.3, -0.25) is 4.90 Å². The molecule has 6 heteroatoms. The third kappa shape index (κ3) is 4.88. The lowest BCUT2D eigenvalue weighted by Gasteiger charge is -2.63. The molecule has 1 unspecified atom stereocenters. The van der Waals surface area contributed by atoms with Crippen molar-refractivity contribution in [1.29, 1.82) is 0 Å². The Morgan fingerprint density at radius 3 is 2.63 bits per heavy atom. The molecule has 0 aromatic heterocycles. The molecular formula is C43H64NO5. The Hall–Kier alpha value is -1.18. The number of hydrogen-bond donors (Lipinski definition) is 1. The maximum Gasteiger partial charge on any atom is 0.170 e. The number of rotatable bonds is 7. The van der Waals surface area contributed by atoms with Crippen LogP contribution in [-0.4, -0.2) is 55.3 Å². The van der Waals surface area contributed by atoms with E-state index in [4.69, 9.17) is 18.9 Å². The van der Waals surface area contributed by atoms with Crippen molar-refractivity contribution >= 4 is 0 Å². The van der Waals surface area contributed by atoms with Crippen molar-refractivity contribution in [3.63, 3.8) is 0 Å². The summed E-state index contributed by atoms with van der Waals surface area (Å²) in [7, 11) is 1.74. The number of ether oxygens (including phenoxy) is 4. The second-order valence-electron chi connectivity index (χ2n) is 18.8. The summed E-state index contributed by atoms with van der Waals surface area (Å²) >= 11 is 0. The highest BCUT2D eigenvalue weighted by molar-refractivity contribution is 5.45. The van der Waals surface area contributed by atoms with Crippen LogP contribution in [0.5, 0.6) is 5.75 Å². The zero-order valence-electron chi connectivity index (χ0n) is 32.0. The Kier molecular flexibility index (Phi) is 8.48. The number of methoxy groups -OCH3 is 1. The summed E-state index contributed by atoms with van der Waals surface area (Å²) in [6, 6.07) is 6.51. The zero-order chi connectivity index (χ0) is 34.7. The Morgan fingerprint density at radius 2 is 1.88 bits per heavy atom. The van der Waals surface area contributed by atoms with Crippen LogP contribution in [-0.2, 0) is 20.8 Å². The maximum atomic E-state index is 12.4.